The minimum absolute atomic E-state index is 0.105. The maximum atomic E-state index is 13.2. The lowest BCUT2D eigenvalue weighted by molar-refractivity contribution is -0.143. The van der Waals surface area contributed by atoms with E-state index in [-0.39, 0.29) is 24.9 Å². The molecule has 0 spiro atoms. The first-order valence-corrected chi connectivity index (χ1v) is 10.4. The van der Waals surface area contributed by atoms with Crippen LogP contribution in [0.2, 0.25) is 0 Å². The number of rotatable bonds is 11. The molecule has 0 bridgehead atoms. The molecule has 7 heteroatoms. The number of aliphatic carboxylic acids is 2. The van der Waals surface area contributed by atoms with Crippen LogP contribution in [-0.4, -0.2) is 32.7 Å². The van der Waals surface area contributed by atoms with Gasteiger partial charge in [-0.15, -0.1) is 0 Å². The normalized spacial score (nSPS) is 16.2. The monoisotopic (exact) mass is 370 g/mol. The second-order valence-electron chi connectivity index (χ2n) is 6.34. The van der Waals surface area contributed by atoms with E-state index in [1.54, 1.807) is 30.3 Å². The number of benzene rings is 1. The van der Waals surface area contributed by atoms with Crippen molar-refractivity contribution in [1.29, 1.82) is 0 Å². The van der Waals surface area contributed by atoms with Crippen LogP contribution in [0, 0.1) is 11.8 Å². The summed E-state index contributed by atoms with van der Waals surface area (Å²) in [5.74, 6) is -3.72. The van der Waals surface area contributed by atoms with Crippen LogP contribution in [0.4, 0.5) is 0 Å². The largest absolute Gasteiger partial charge is 0.481 e. The third-order valence-corrected chi connectivity index (χ3v) is 7.18. The predicted octanol–water partition coefficient (Wildman–Crippen LogP) is 3.83. The van der Waals surface area contributed by atoms with Crippen molar-refractivity contribution in [2.24, 2.45) is 11.8 Å². The minimum atomic E-state index is -3.86. The Bertz CT molecular complexity index is 611. The van der Waals surface area contributed by atoms with Gasteiger partial charge in [0.1, 0.15) is 0 Å². The van der Waals surface area contributed by atoms with Crippen LogP contribution in [0.5, 0.6) is 0 Å². The molecule has 3 N–H and O–H groups in total. The fraction of sp³-hybridized carbons (Fsp3) is 0.556. The number of carbonyl (C=O) groups is 2. The minimum Gasteiger partial charge on any atom is -0.481 e. The van der Waals surface area contributed by atoms with E-state index in [0.717, 1.165) is 0 Å². The van der Waals surface area contributed by atoms with Gasteiger partial charge >= 0.3 is 11.9 Å². The Balaban J connectivity index is 3.21. The molecule has 0 saturated carbocycles. The van der Waals surface area contributed by atoms with Crippen molar-refractivity contribution in [3.05, 3.63) is 35.9 Å². The standard InChI is InChI=1S/C18H27O6P/c1-3-14(4-2)17(15(18(21)22)10-11-16(19)20)25(23,24)12-13-8-6-5-7-9-13/h5-9,14-15,17H,3-4,10-12H2,1-2H3,(H,19,20)(H,21,22)(H,23,24). The van der Waals surface area contributed by atoms with Gasteiger partial charge in [-0.2, -0.15) is 0 Å². The molecule has 6 nitrogen and oxygen atoms in total. The van der Waals surface area contributed by atoms with Gasteiger partial charge in [-0.25, -0.2) is 0 Å². The lowest BCUT2D eigenvalue weighted by Gasteiger charge is -2.34. The molecule has 0 aliphatic rings. The van der Waals surface area contributed by atoms with Gasteiger partial charge in [0, 0.05) is 12.6 Å². The molecule has 0 aliphatic carbocycles. The number of carboxylic acid groups (broad SMARTS) is 2. The Morgan fingerprint density at radius 3 is 2.08 bits per heavy atom. The van der Waals surface area contributed by atoms with Crippen LogP contribution in [0.25, 0.3) is 0 Å². The van der Waals surface area contributed by atoms with Gasteiger partial charge in [0.25, 0.3) is 0 Å². The van der Waals surface area contributed by atoms with Crippen LogP contribution < -0.4 is 0 Å². The molecule has 0 amide bonds. The van der Waals surface area contributed by atoms with Crippen molar-refractivity contribution in [3.63, 3.8) is 0 Å². The third-order valence-electron chi connectivity index (χ3n) is 4.65. The van der Waals surface area contributed by atoms with Crippen LogP contribution in [-0.2, 0) is 20.3 Å². The Morgan fingerprint density at radius 2 is 1.64 bits per heavy atom. The van der Waals surface area contributed by atoms with Crippen LogP contribution in [0.15, 0.2) is 30.3 Å². The first-order valence-electron chi connectivity index (χ1n) is 8.52. The first-order chi connectivity index (χ1) is 11.7. The number of hydrogen-bond donors (Lipinski definition) is 3. The Hall–Kier alpha value is -1.65. The summed E-state index contributed by atoms with van der Waals surface area (Å²) in [7, 11) is -3.86. The van der Waals surface area contributed by atoms with E-state index in [9.17, 15) is 24.2 Å². The van der Waals surface area contributed by atoms with Crippen molar-refractivity contribution in [2.45, 2.75) is 51.4 Å². The quantitative estimate of drug-likeness (QED) is 0.511. The summed E-state index contributed by atoms with van der Waals surface area (Å²) in [4.78, 5) is 33.4. The van der Waals surface area contributed by atoms with E-state index >= 15 is 0 Å². The number of carboxylic acids is 2. The highest BCUT2D eigenvalue weighted by Crippen LogP contribution is 2.57. The molecule has 0 saturated heterocycles. The van der Waals surface area contributed by atoms with Gasteiger partial charge in [-0.1, -0.05) is 57.0 Å². The second-order valence-corrected chi connectivity index (χ2v) is 8.77. The fourth-order valence-electron chi connectivity index (χ4n) is 3.38. The molecule has 1 aromatic rings. The van der Waals surface area contributed by atoms with Crippen molar-refractivity contribution in [3.8, 4) is 0 Å². The maximum absolute atomic E-state index is 13.2. The number of hydrogen-bond acceptors (Lipinski definition) is 3. The lowest BCUT2D eigenvalue weighted by Crippen LogP contribution is -2.35. The zero-order valence-electron chi connectivity index (χ0n) is 14.7. The molecule has 3 atom stereocenters. The van der Waals surface area contributed by atoms with E-state index in [0.29, 0.717) is 18.4 Å². The van der Waals surface area contributed by atoms with Crippen molar-refractivity contribution in [1.82, 2.24) is 0 Å². The van der Waals surface area contributed by atoms with Crippen molar-refractivity contribution in [2.75, 3.05) is 0 Å². The highest BCUT2D eigenvalue weighted by atomic mass is 31.2. The average molecular weight is 370 g/mol. The molecule has 25 heavy (non-hydrogen) atoms. The Morgan fingerprint density at radius 1 is 1.08 bits per heavy atom. The van der Waals surface area contributed by atoms with Gasteiger partial charge in [-0.3, -0.25) is 14.2 Å². The SMILES string of the molecule is CCC(CC)C(C(CCC(=O)O)C(=O)O)P(=O)(O)Cc1ccccc1. The molecular formula is C18H27O6P. The van der Waals surface area contributed by atoms with E-state index in [2.05, 4.69) is 0 Å². The van der Waals surface area contributed by atoms with Crippen LogP contribution >= 0.6 is 7.37 Å². The van der Waals surface area contributed by atoms with Gasteiger partial charge < -0.3 is 15.1 Å². The van der Waals surface area contributed by atoms with Crippen molar-refractivity contribution < 1.29 is 29.3 Å². The summed E-state index contributed by atoms with van der Waals surface area (Å²) in [6.07, 6.45) is 0.546. The Kier molecular flexibility index (Phi) is 8.33. The van der Waals surface area contributed by atoms with Gasteiger partial charge in [0.05, 0.1) is 11.6 Å². The second kappa shape index (κ2) is 9.73. The van der Waals surface area contributed by atoms with Crippen LogP contribution in [0.3, 0.4) is 0 Å². The molecule has 140 valence electrons. The summed E-state index contributed by atoms with van der Waals surface area (Å²) in [5, 5.41) is 18.5. The fourth-order valence-corrected chi connectivity index (χ4v) is 6.24. The molecule has 0 aliphatic heterocycles. The molecule has 0 aromatic heterocycles. The summed E-state index contributed by atoms with van der Waals surface area (Å²) < 4.78 is 13.2. The molecule has 1 aromatic carbocycles. The summed E-state index contributed by atoms with van der Waals surface area (Å²) in [6, 6.07) is 8.80. The summed E-state index contributed by atoms with van der Waals surface area (Å²) >= 11 is 0. The molecule has 1 rings (SSSR count). The Labute approximate surface area is 148 Å². The maximum Gasteiger partial charge on any atom is 0.307 e. The molecule has 3 unspecified atom stereocenters. The predicted molar refractivity (Wildman–Crippen MR) is 95.8 cm³/mol. The van der Waals surface area contributed by atoms with Crippen LogP contribution in [0.1, 0.15) is 45.1 Å². The smallest absolute Gasteiger partial charge is 0.307 e. The average Bonchev–Trinajstić information content (AvgIpc) is 2.54. The summed E-state index contributed by atoms with van der Waals surface area (Å²) in [5.41, 5.74) is -0.286. The zero-order valence-corrected chi connectivity index (χ0v) is 15.6. The molecule has 0 fully saturated rings. The highest BCUT2D eigenvalue weighted by molar-refractivity contribution is 7.58. The molecular weight excluding hydrogens is 343 g/mol. The topological polar surface area (TPSA) is 112 Å². The van der Waals surface area contributed by atoms with Gasteiger partial charge in [0.2, 0.25) is 7.37 Å². The van der Waals surface area contributed by atoms with Gasteiger partial charge in [-0.05, 0) is 17.9 Å². The molecule has 0 radical (unpaired) electrons. The van der Waals surface area contributed by atoms with E-state index in [1.807, 2.05) is 13.8 Å². The molecule has 0 heterocycles. The zero-order chi connectivity index (χ0) is 19.0. The summed E-state index contributed by atoms with van der Waals surface area (Å²) in [6.45, 7) is 3.72. The third kappa shape index (κ3) is 6.29. The van der Waals surface area contributed by atoms with E-state index < -0.39 is 30.9 Å². The van der Waals surface area contributed by atoms with E-state index in [1.165, 1.54) is 0 Å². The highest BCUT2D eigenvalue weighted by Gasteiger charge is 2.44. The lowest BCUT2D eigenvalue weighted by atomic mass is 9.87. The van der Waals surface area contributed by atoms with Gasteiger partial charge in [0.15, 0.2) is 0 Å². The first kappa shape index (κ1) is 21.4. The van der Waals surface area contributed by atoms with E-state index in [4.69, 9.17) is 5.11 Å². The van der Waals surface area contributed by atoms with Crippen molar-refractivity contribution >= 4 is 19.3 Å².